The Balaban J connectivity index is 0.00000132. The average Bonchev–Trinajstić information content (AvgIpc) is 3.25. The van der Waals surface area contributed by atoms with E-state index in [9.17, 15) is 4.79 Å². The largest absolute Gasteiger partial charge is 0.354 e. The number of hydrogen-bond acceptors (Lipinski definition) is 3. The molecule has 1 aliphatic carbocycles. The number of benzene rings is 1. The summed E-state index contributed by atoms with van der Waals surface area (Å²) in [5.41, 5.74) is 7.11. The molecule has 130 valence electrons. The smallest absolute Gasteiger partial charge is 0.237 e. The Labute approximate surface area is 151 Å². The molecule has 1 amide bonds. The average molecular weight is 360 g/mol. The number of rotatable bonds is 6. The second-order valence-corrected chi connectivity index (χ2v) is 6.42. The third kappa shape index (κ3) is 5.96. The second-order valence-electron chi connectivity index (χ2n) is 6.42. The Morgan fingerprint density at radius 3 is 2.57 bits per heavy atom. The molecule has 1 aromatic rings. The molecular formula is C17H27Cl2N3O. The molecule has 3 N–H and O–H groups in total. The summed E-state index contributed by atoms with van der Waals surface area (Å²) in [5, 5.41) is 3.03. The predicted octanol–water partition coefficient (Wildman–Crippen LogP) is 2.00. The fourth-order valence-electron chi connectivity index (χ4n) is 3.14. The first-order valence-electron chi connectivity index (χ1n) is 8.03. The molecule has 23 heavy (non-hydrogen) atoms. The van der Waals surface area contributed by atoms with Crippen LogP contribution in [0.4, 0.5) is 0 Å². The lowest BCUT2D eigenvalue weighted by atomic mass is 10.1. The SMILES string of the molecule is Cl.Cl.N[C@@H](Cc1ccccc1)C(=O)NCC1CCN(C2CC2)C1. The highest BCUT2D eigenvalue weighted by Crippen LogP contribution is 2.31. The molecule has 1 aromatic carbocycles. The van der Waals surface area contributed by atoms with Gasteiger partial charge in [-0.2, -0.15) is 0 Å². The van der Waals surface area contributed by atoms with Gasteiger partial charge in [-0.15, -0.1) is 24.8 Å². The molecule has 0 radical (unpaired) electrons. The highest BCUT2D eigenvalue weighted by atomic mass is 35.5. The van der Waals surface area contributed by atoms with Gasteiger partial charge < -0.3 is 16.0 Å². The van der Waals surface area contributed by atoms with Crippen LogP contribution in [0, 0.1) is 5.92 Å². The van der Waals surface area contributed by atoms with Crippen molar-refractivity contribution in [2.45, 2.75) is 37.8 Å². The molecule has 2 atom stereocenters. The van der Waals surface area contributed by atoms with Gasteiger partial charge in [0, 0.05) is 19.1 Å². The Hall–Kier alpha value is -0.810. The number of carbonyl (C=O) groups is 1. The Morgan fingerprint density at radius 2 is 1.91 bits per heavy atom. The van der Waals surface area contributed by atoms with E-state index in [-0.39, 0.29) is 30.7 Å². The van der Waals surface area contributed by atoms with E-state index in [1.54, 1.807) is 0 Å². The number of halogens is 2. The first-order valence-corrected chi connectivity index (χ1v) is 8.03. The zero-order valence-corrected chi connectivity index (χ0v) is 15.0. The maximum atomic E-state index is 12.1. The van der Waals surface area contributed by atoms with Crippen LogP contribution in [0.25, 0.3) is 0 Å². The van der Waals surface area contributed by atoms with E-state index in [1.165, 1.54) is 25.8 Å². The first kappa shape index (κ1) is 20.2. The number of hydrogen-bond donors (Lipinski definition) is 2. The number of nitrogens with zero attached hydrogens (tertiary/aromatic N) is 1. The van der Waals surface area contributed by atoms with Gasteiger partial charge in [-0.3, -0.25) is 4.79 Å². The van der Waals surface area contributed by atoms with Crippen LogP contribution in [0.3, 0.4) is 0 Å². The van der Waals surface area contributed by atoms with Crippen molar-refractivity contribution in [1.29, 1.82) is 0 Å². The van der Waals surface area contributed by atoms with Crippen molar-refractivity contribution in [1.82, 2.24) is 10.2 Å². The van der Waals surface area contributed by atoms with Gasteiger partial charge in [0.2, 0.25) is 5.91 Å². The van der Waals surface area contributed by atoms with Crippen molar-refractivity contribution in [2.75, 3.05) is 19.6 Å². The van der Waals surface area contributed by atoms with E-state index in [2.05, 4.69) is 10.2 Å². The van der Waals surface area contributed by atoms with Crippen LogP contribution in [0.5, 0.6) is 0 Å². The molecule has 1 aliphatic heterocycles. The van der Waals surface area contributed by atoms with Crippen LogP contribution in [-0.4, -0.2) is 42.5 Å². The summed E-state index contributed by atoms with van der Waals surface area (Å²) in [6, 6.07) is 10.3. The first-order chi connectivity index (χ1) is 10.2. The summed E-state index contributed by atoms with van der Waals surface area (Å²) in [7, 11) is 0. The van der Waals surface area contributed by atoms with Crippen molar-refractivity contribution in [3.63, 3.8) is 0 Å². The molecular weight excluding hydrogens is 333 g/mol. The standard InChI is InChI=1S/C17H25N3O.2ClH/c18-16(10-13-4-2-1-3-5-13)17(21)19-11-14-8-9-20(12-14)15-6-7-15;;/h1-5,14-16H,6-12,18H2,(H,19,21);2*1H/t14?,16-;;/m0../s1. The fourth-order valence-corrected chi connectivity index (χ4v) is 3.14. The highest BCUT2D eigenvalue weighted by molar-refractivity contribution is 5.85. The van der Waals surface area contributed by atoms with Crippen LogP contribution in [0.2, 0.25) is 0 Å². The van der Waals surface area contributed by atoms with Crippen LogP contribution < -0.4 is 11.1 Å². The zero-order valence-electron chi connectivity index (χ0n) is 13.3. The van der Waals surface area contributed by atoms with Gasteiger partial charge in [-0.05, 0) is 43.7 Å². The molecule has 3 rings (SSSR count). The topological polar surface area (TPSA) is 58.4 Å². The van der Waals surface area contributed by atoms with Crippen molar-refractivity contribution in [2.24, 2.45) is 11.7 Å². The summed E-state index contributed by atoms with van der Waals surface area (Å²) in [6.07, 6.45) is 4.53. The van der Waals surface area contributed by atoms with Gasteiger partial charge in [0.25, 0.3) is 0 Å². The van der Waals surface area contributed by atoms with Crippen molar-refractivity contribution in [3.05, 3.63) is 35.9 Å². The molecule has 1 heterocycles. The Bertz CT molecular complexity index is 482. The van der Waals surface area contributed by atoms with Crippen LogP contribution in [-0.2, 0) is 11.2 Å². The lowest BCUT2D eigenvalue weighted by Gasteiger charge is -2.17. The van der Waals surface area contributed by atoms with Gasteiger partial charge in [0.05, 0.1) is 6.04 Å². The number of likely N-dealkylation sites (tertiary alicyclic amines) is 1. The molecule has 1 saturated heterocycles. The lowest BCUT2D eigenvalue weighted by molar-refractivity contribution is -0.122. The van der Waals surface area contributed by atoms with Crippen molar-refractivity contribution >= 4 is 30.7 Å². The summed E-state index contributed by atoms with van der Waals surface area (Å²) in [5.74, 6) is 0.571. The number of amides is 1. The fraction of sp³-hybridized carbons (Fsp3) is 0.588. The number of carbonyl (C=O) groups excluding carboxylic acids is 1. The molecule has 2 aliphatic rings. The van der Waals surface area contributed by atoms with Crippen LogP contribution >= 0.6 is 24.8 Å². The molecule has 6 heteroatoms. The Morgan fingerprint density at radius 1 is 1.22 bits per heavy atom. The van der Waals surface area contributed by atoms with Gasteiger partial charge in [-0.25, -0.2) is 0 Å². The normalized spacial score (nSPS) is 21.9. The quantitative estimate of drug-likeness (QED) is 0.816. The zero-order chi connectivity index (χ0) is 14.7. The summed E-state index contributed by atoms with van der Waals surface area (Å²) in [4.78, 5) is 14.7. The number of nitrogens with two attached hydrogens (primary N) is 1. The molecule has 0 spiro atoms. The minimum atomic E-state index is -0.451. The van der Waals surface area contributed by atoms with E-state index < -0.39 is 6.04 Å². The van der Waals surface area contributed by atoms with Gasteiger partial charge in [0.15, 0.2) is 0 Å². The summed E-state index contributed by atoms with van der Waals surface area (Å²) in [6.45, 7) is 3.10. The highest BCUT2D eigenvalue weighted by Gasteiger charge is 2.34. The molecule has 2 fully saturated rings. The van der Waals surface area contributed by atoms with E-state index >= 15 is 0 Å². The number of nitrogens with one attached hydrogen (secondary N) is 1. The minimum Gasteiger partial charge on any atom is -0.354 e. The van der Waals surface area contributed by atoms with Gasteiger partial charge >= 0.3 is 0 Å². The third-order valence-corrected chi connectivity index (χ3v) is 4.58. The van der Waals surface area contributed by atoms with Crippen molar-refractivity contribution < 1.29 is 4.79 Å². The third-order valence-electron chi connectivity index (χ3n) is 4.58. The Kier molecular flexibility index (Phi) is 8.34. The molecule has 4 nitrogen and oxygen atoms in total. The lowest BCUT2D eigenvalue weighted by Crippen LogP contribution is -2.44. The van der Waals surface area contributed by atoms with E-state index in [0.29, 0.717) is 12.3 Å². The van der Waals surface area contributed by atoms with Gasteiger partial charge in [-0.1, -0.05) is 30.3 Å². The van der Waals surface area contributed by atoms with Gasteiger partial charge in [0.1, 0.15) is 0 Å². The van der Waals surface area contributed by atoms with Crippen LogP contribution in [0.1, 0.15) is 24.8 Å². The summed E-state index contributed by atoms with van der Waals surface area (Å²) < 4.78 is 0. The van der Waals surface area contributed by atoms with Crippen LogP contribution in [0.15, 0.2) is 30.3 Å². The monoisotopic (exact) mass is 359 g/mol. The molecule has 0 bridgehead atoms. The second kappa shape index (κ2) is 9.48. The maximum absolute atomic E-state index is 12.1. The molecule has 1 saturated carbocycles. The minimum absolute atomic E-state index is 0. The van der Waals surface area contributed by atoms with Crippen molar-refractivity contribution in [3.8, 4) is 0 Å². The molecule has 0 aromatic heterocycles. The predicted molar refractivity (Wildman–Crippen MR) is 98.3 cm³/mol. The maximum Gasteiger partial charge on any atom is 0.237 e. The van der Waals surface area contributed by atoms with E-state index in [1.807, 2.05) is 30.3 Å². The summed E-state index contributed by atoms with van der Waals surface area (Å²) >= 11 is 0. The van der Waals surface area contributed by atoms with E-state index in [4.69, 9.17) is 5.73 Å². The van der Waals surface area contributed by atoms with E-state index in [0.717, 1.165) is 24.7 Å². The molecule has 1 unspecified atom stereocenters.